The largest absolute Gasteiger partial charge is 0.492 e. The van der Waals surface area contributed by atoms with E-state index >= 15 is 0 Å². The molecule has 0 radical (unpaired) electrons. The van der Waals surface area contributed by atoms with Crippen molar-refractivity contribution in [2.24, 2.45) is 0 Å². The van der Waals surface area contributed by atoms with Crippen LogP contribution < -0.4 is 4.74 Å². The van der Waals surface area contributed by atoms with Gasteiger partial charge < -0.3 is 4.74 Å². The van der Waals surface area contributed by atoms with Gasteiger partial charge in [-0.15, -0.1) is 11.6 Å². The van der Waals surface area contributed by atoms with E-state index in [1.54, 1.807) is 6.07 Å². The normalized spacial score (nSPS) is 10.7. The molecule has 0 aliphatic carbocycles. The first kappa shape index (κ1) is 14.7. The smallest absolute Gasteiger partial charge is 0.389 e. The minimum absolute atomic E-state index is 0.00637. The molecule has 0 spiro atoms. The topological polar surface area (TPSA) is 22.1 Å². The van der Waals surface area contributed by atoms with Gasteiger partial charge in [0.15, 0.2) is 0 Å². The lowest BCUT2D eigenvalue weighted by molar-refractivity contribution is -0.136. The van der Waals surface area contributed by atoms with Gasteiger partial charge in [0.1, 0.15) is 5.75 Å². The van der Waals surface area contributed by atoms with E-state index < -0.39 is 12.6 Å². The minimum atomic E-state index is -4.14. The average molecular weight is 278 g/mol. The third kappa shape index (κ3) is 6.36. The Morgan fingerprint density at radius 1 is 1.33 bits per heavy atom. The van der Waals surface area contributed by atoms with Crippen LogP contribution in [0.4, 0.5) is 13.2 Å². The van der Waals surface area contributed by atoms with E-state index in [4.69, 9.17) is 16.3 Å². The summed E-state index contributed by atoms with van der Waals surface area (Å²) >= 11 is 5.40. The first-order valence-corrected chi connectivity index (χ1v) is 5.74. The highest BCUT2D eigenvalue weighted by Gasteiger charge is 2.26. The second-order valence-electron chi connectivity index (χ2n) is 3.41. The summed E-state index contributed by atoms with van der Waals surface area (Å²) < 4.78 is 40.8. The molecule has 1 aromatic heterocycles. The molecule has 1 heterocycles. The highest BCUT2D eigenvalue weighted by Crippen LogP contribution is 2.21. The molecule has 2 nitrogen and oxygen atoms in total. The monoisotopic (exact) mass is 277 g/mol. The van der Waals surface area contributed by atoms with Gasteiger partial charge >= 0.3 is 6.18 Å². The molecule has 0 aliphatic heterocycles. The van der Waals surface area contributed by atoms with Gasteiger partial charge in [0, 0.05) is 18.2 Å². The lowest BCUT2D eigenvalue weighted by Gasteiger charge is -2.07. The number of hydrogen-bond donors (Lipinski definition) is 0. The van der Waals surface area contributed by atoms with Crippen LogP contribution in [0, 0.1) is 11.8 Å². The molecule has 0 atom stereocenters. The van der Waals surface area contributed by atoms with E-state index in [1.165, 1.54) is 12.4 Å². The van der Waals surface area contributed by atoms with Crippen LogP contribution in [-0.2, 0) is 0 Å². The van der Waals surface area contributed by atoms with Gasteiger partial charge in [-0.05, 0) is 12.5 Å². The Morgan fingerprint density at radius 2 is 2.11 bits per heavy atom. The van der Waals surface area contributed by atoms with Crippen LogP contribution in [0.5, 0.6) is 5.75 Å². The predicted octanol–water partition coefficient (Wildman–Crippen LogP) is 3.39. The van der Waals surface area contributed by atoms with Crippen LogP contribution in [0.3, 0.4) is 0 Å². The summed E-state index contributed by atoms with van der Waals surface area (Å²) in [7, 11) is 0. The molecule has 18 heavy (non-hydrogen) atoms. The molecular formula is C12H11ClF3NO. The number of pyridine rings is 1. The summed E-state index contributed by atoms with van der Waals surface area (Å²) in [5, 5.41) is 0. The highest BCUT2D eigenvalue weighted by molar-refractivity contribution is 6.19. The molecule has 0 unspecified atom stereocenters. The number of halogens is 4. The zero-order valence-corrected chi connectivity index (χ0v) is 10.2. The summed E-state index contributed by atoms with van der Waals surface area (Å²) in [5.41, 5.74) is 0.615. The van der Waals surface area contributed by atoms with Crippen molar-refractivity contribution in [3.05, 3.63) is 24.0 Å². The van der Waals surface area contributed by atoms with E-state index in [9.17, 15) is 13.2 Å². The maximum atomic E-state index is 11.9. The van der Waals surface area contributed by atoms with Gasteiger partial charge in [-0.2, -0.15) is 13.2 Å². The quantitative estimate of drug-likeness (QED) is 0.478. The molecule has 6 heteroatoms. The fourth-order valence-corrected chi connectivity index (χ4v) is 1.23. The predicted molar refractivity (Wildman–Crippen MR) is 62.6 cm³/mol. The zero-order valence-electron chi connectivity index (χ0n) is 9.43. The van der Waals surface area contributed by atoms with Gasteiger partial charge in [-0.1, -0.05) is 11.8 Å². The van der Waals surface area contributed by atoms with Crippen LogP contribution >= 0.6 is 11.6 Å². The molecular weight excluding hydrogens is 267 g/mol. The summed E-state index contributed by atoms with van der Waals surface area (Å²) in [6, 6.07) is 1.61. The Morgan fingerprint density at radius 3 is 2.78 bits per heavy atom. The van der Waals surface area contributed by atoms with Crippen molar-refractivity contribution in [2.75, 3.05) is 12.5 Å². The standard InChI is InChI=1S/C12H11ClF3NO/c13-5-1-3-10-7-11(9-17-8-10)18-6-2-4-12(14,15)16/h7-9H,2,4-6H2. The first-order chi connectivity index (χ1) is 8.51. The van der Waals surface area contributed by atoms with Crippen molar-refractivity contribution in [3.63, 3.8) is 0 Å². The van der Waals surface area contributed by atoms with Gasteiger partial charge in [-0.25, -0.2) is 0 Å². The average Bonchev–Trinajstić information content (AvgIpc) is 2.31. The van der Waals surface area contributed by atoms with E-state index in [0.29, 0.717) is 11.3 Å². The van der Waals surface area contributed by atoms with E-state index in [1.807, 2.05) is 0 Å². The molecule has 0 aliphatic rings. The SMILES string of the molecule is FC(F)(F)CCCOc1cncc(C#CCCl)c1. The Balaban J connectivity index is 2.43. The van der Waals surface area contributed by atoms with E-state index in [0.717, 1.165) is 0 Å². The van der Waals surface area contributed by atoms with Crippen molar-refractivity contribution in [1.82, 2.24) is 4.98 Å². The number of aromatic nitrogens is 1. The van der Waals surface area contributed by atoms with Gasteiger partial charge in [0.05, 0.1) is 18.7 Å². The molecule has 0 saturated carbocycles. The van der Waals surface area contributed by atoms with Gasteiger partial charge in [0.2, 0.25) is 0 Å². The highest BCUT2D eigenvalue weighted by atomic mass is 35.5. The molecule has 98 valence electrons. The minimum Gasteiger partial charge on any atom is -0.492 e. The number of alkyl halides is 4. The van der Waals surface area contributed by atoms with Crippen molar-refractivity contribution < 1.29 is 17.9 Å². The Labute approximate surface area is 108 Å². The molecule has 0 aromatic carbocycles. The molecule has 0 saturated heterocycles. The molecule has 0 bridgehead atoms. The molecule has 0 fully saturated rings. The van der Waals surface area contributed by atoms with Crippen molar-refractivity contribution in [1.29, 1.82) is 0 Å². The Hall–Kier alpha value is -1.41. The number of rotatable bonds is 4. The van der Waals surface area contributed by atoms with Gasteiger partial charge in [0.25, 0.3) is 0 Å². The summed E-state index contributed by atoms with van der Waals surface area (Å²) in [4.78, 5) is 3.87. The van der Waals surface area contributed by atoms with Crippen LogP contribution in [0.15, 0.2) is 18.5 Å². The molecule has 1 aromatic rings. The Kier molecular flexibility index (Phi) is 5.79. The summed E-state index contributed by atoms with van der Waals surface area (Å²) in [6.07, 6.45) is -2.12. The molecule has 0 N–H and O–H groups in total. The first-order valence-electron chi connectivity index (χ1n) is 5.21. The second kappa shape index (κ2) is 7.12. The lowest BCUT2D eigenvalue weighted by Crippen LogP contribution is -2.09. The maximum absolute atomic E-state index is 11.9. The lowest BCUT2D eigenvalue weighted by atomic mass is 10.3. The number of ether oxygens (including phenoxy) is 1. The van der Waals surface area contributed by atoms with Crippen LogP contribution in [0.2, 0.25) is 0 Å². The fourth-order valence-electron chi connectivity index (χ4n) is 1.16. The second-order valence-corrected chi connectivity index (χ2v) is 3.68. The number of hydrogen-bond acceptors (Lipinski definition) is 2. The van der Waals surface area contributed by atoms with Crippen molar-refractivity contribution >= 4 is 11.6 Å². The molecule has 1 rings (SSSR count). The summed E-state index contributed by atoms with van der Waals surface area (Å²) in [6.45, 7) is -0.00637. The maximum Gasteiger partial charge on any atom is 0.389 e. The van der Waals surface area contributed by atoms with Gasteiger partial charge in [-0.3, -0.25) is 4.98 Å². The summed E-state index contributed by atoms with van der Waals surface area (Å²) in [5.74, 6) is 6.00. The van der Waals surface area contributed by atoms with Crippen LogP contribution in [-0.4, -0.2) is 23.6 Å². The van der Waals surface area contributed by atoms with Crippen molar-refractivity contribution in [3.8, 4) is 17.6 Å². The third-order valence-corrected chi connectivity index (χ3v) is 2.02. The zero-order chi connectivity index (χ0) is 13.4. The van der Waals surface area contributed by atoms with Crippen molar-refractivity contribution in [2.45, 2.75) is 19.0 Å². The van der Waals surface area contributed by atoms with E-state index in [2.05, 4.69) is 16.8 Å². The van der Waals surface area contributed by atoms with E-state index in [-0.39, 0.29) is 18.9 Å². The fraction of sp³-hybridized carbons (Fsp3) is 0.417. The molecule has 0 amide bonds. The number of nitrogens with zero attached hydrogens (tertiary/aromatic N) is 1. The Bertz CT molecular complexity index is 437. The van der Waals surface area contributed by atoms with Crippen LogP contribution in [0.25, 0.3) is 0 Å². The van der Waals surface area contributed by atoms with Crippen LogP contribution in [0.1, 0.15) is 18.4 Å². The third-order valence-electron chi connectivity index (χ3n) is 1.89.